The van der Waals surface area contributed by atoms with Crippen LogP contribution in [0.5, 0.6) is 0 Å². The van der Waals surface area contributed by atoms with Crippen molar-refractivity contribution < 1.29 is 18.3 Å². The molecule has 5 nitrogen and oxygen atoms in total. The molecular weight excluding hydrogens is 218 g/mol. The summed E-state index contributed by atoms with van der Waals surface area (Å²) in [7, 11) is -3.34. The van der Waals surface area contributed by atoms with Crippen molar-refractivity contribution in [1.82, 2.24) is 4.72 Å². The van der Waals surface area contributed by atoms with Crippen LogP contribution in [0, 0.1) is 0 Å². The van der Waals surface area contributed by atoms with E-state index >= 15 is 0 Å². The summed E-state index contributed by atoms with van der Waals surface area (Å²) in [6, 6.07) is -0.394. The van der Waals surface area contributed by atoms with Crippen LogP contribution in [0.4, 0.5) is 0 Å². The fraction of sp³-hybridized carbons (Fsp3) is 1.00. The summed E-state index contributed by atoms with van der Waals surface area (Å²) in [6.45, 7) is 5.51. The Hall–Kier alpha value is -0.170. The average Bonchev–Trinajstić information content (AvgIpc) is 2.13. The zero-order valence-electron chi connectivity index (χ0n) is 9.56. The molecule has 0 amide bonds. The Labute approximate surface area is 91.9 Å². The van der Waals surface area contributed by atoms with Gasteiger partial charge in [-0.05, 0) is 20.3 Å². The van der Waals surface area contributed by atoms with Gasteiger partial charge < -0.3 is 9.84 Å². The minimum atomic E-state index is -3.34. The maximum absolute atomic E-state index is 11.4. The molecular formula is C9H21NO4S. The minimum Gasteiger partial charge on any atom is -0.395 e. The Morgan fingerprint density at radius 1 is 1.40 bits per heavy atom. The summed E-state index contributed by atoms with van der Waals surface area (Å²) < 4.78 is 30.4. The molecule has 0 heterocycles. The molecule has 0 aliphatic heterocycles. The second-order valence-corrected chi connectivity index (χ2v) is 5.52. The van der Waals surface area contributed by atoms with Crippen LogP contribution >= 0.6 is 0 Å². The normalized spacial score (nSPS) is 14.5. The van der Waals surface area contributed by atoms with Gasteiger partial charge in [-0.3, -0.25) is 0 Å². The van der Waals surface area contributed by atoms with E-state index in [2.05, 4.69) is 4.72 Å². The fourth-order valence-corrected chi connectivity index (χ4v) is 2.14. The van der Waals surface area contributed by atoms with Gasteiger partial charge in [-0.25, -0.2) is 13.1 Å². The van der Waals surface area contributed by atoms with Crippen LogP contribution in [-0.2, 0) is 14.8 Å². The van der Waals surface area contributed by atoms with E-state index in [0.717, 1.165) is 0 Å². The first kappa shape index (κ1) is 14.8. The molecule has 0 saturated heterocycles. The molecule has 0 bridgehead atoms. The Kier molecular flexibility index (Phi) is 7.08. The van der Waals surface area contributed by atoms with E-state index in [-0.39, 0.29) is 25.1 Å². The van der Waals surface area contributed by atoms with E-state index in [9.17, 15) is 8.42 Å². The van der Waals surface area contributed by atoms with E-state index in [1.807, 2.05) is 20.8 Å². The van der Waals surface area contributed by atoms with Crippen molar-refractivity contribution in [2.45, 2.75) is 39.3 Å². The van der Waals surface area contributed by atoms with Crippen molar-refractivity contribution in [3.8, 4) is 0 Å². The average molecular weight is 239 g/mol. The lowest BCUT2D eigenvalue weighted by Gasteiger charge is -2.14. The molecule has 0 saturated carbocycles. The van der Waals surface area contributed by atoms with Gasteiger partial charge in [0.2, 0.25) is 10.0 Å². The third-order valence-electron chi connectivity index (χ3n) is 1.86. The van der Waals surface area contributed by atoms with Crippen molar-refractivity contribution in [3.63, 3.8) is 0 Å². The van der Waals surface area contributed by atoms with Crippen LogP contribution < -0.4 is 4.72 Å². The summed E-state index contributed by atoms with van der Waals surface area (Å²) in [5, 5.41) is 8.84. The maximum Gasteiger partial charge on any atom is 0.214 e. The van der Waals surface area contributed by atoms with Crippen LogP contribution in [0.25, 0.3) is 0 Å². The lowest BCUT2D eigenvalue weighted by atomic mass is 10.3. The van der Waals surface area contributed by atoms with E-state index in [4.69, 9.17) is 9.84 Å². The number of ether oxygens (including phenoxy) is 1. The summed E-state index contributed by atoms with van der Waals surface area (Å²) >= 11 is 0. The van der Waals surface area contributed by atoms with Crippen molar-refractivity contribution in [1.29, 1.82) is 0 Å². The maximum atomic E-state index is 11.4. The molecule has 0 unspecified atom stereocenters. The lowest BCUT2D eigenvalue weighted by molar-refractivity contribution is 0.0910. The standard InChI is InChI=1S/C9H21NO4S/c1-4-9(7-11)10-15(12,13)6-5-14-8(2)3/h8-11H,4-7H2,1-3H3/t9-/m1/s1. The second-order valence-electron chi connectivity index (χ2n) is 3.64. The number of aliphatic hydroxyl groups excluding tert-OH is 1. The topological polar surface area (TPSA) is 75.6 Å². The molecule has 0 fully saturated rings. The Morgan fingerprint density at radius 3 is 2.40 bits per heavy atom. The van der Waals surface area contributed by atoms with Crippen LogP contribution in [0.3, 0.4) is 0 Å². The fourth-order valence-electron chi connectivity index (χ4n) is 0.956. The highest BCUT2D eigenvalue weighted by atomic mass is 32.2. The first-order valence-electron chi connectivity index (χ1n) is 5.13. The number of aliphatic hydroxyl groups is 1. The predicted molar refractivity (Wildman–Crippen MR) is 59.2 cm³/mol. The van der Waals surface area contributed by atoms with Crippen LogP contribution in [0.15, 0.2) is 0 Å². The summed E-state index contributed by atoms with van der Waals surface area (Å²) in [6.07, 6.45) is 0.598. The number of hydrogen-bond acceptors (Lipinski definition) is 4. The smallest absolute Gasteiger partial charge is 0.214 e. The van der Waals surface area contributed by atoms with Gasteiger partial charge in [0.05, 0.1) is 25.1 Å². The first-order chi connectivity index (χ1) is 6.91. The van der Waals surface area contributed by atoms with Crippen LogP contribution in [0.1, 0.15) is 27.2 Å². The van der Waals surface area contributed by atoms with Crippen molar-refractivity contribution >= 4 is 10.0 Å². The molecule has 0 spiro atoms. The van der Waals surface area contributed by atoms with Crippen LogP contribution in [0.2, 0.25) is 0 Å². The molecule has 0 aromatic heterocycles. The molecule has 15 heavy (non-hydrogen) atoms. The van der Waals surface area contributed by atoms with Gasteiger partial charge in [0.15, 0.2) is 0 Å². The van der Waals surface area contributed by atoms with Gasteiger partial charge in [0, 0.05) is 6.04 Å². The van der Waals surface area contributed by atoms with E-state index in [0.29, 0.717) is 6.42 Å². The monoisotopic (exact) mass is 239 g/mol. The molecule has 0 aromatic rings. The van der Waals surface area contributed by atoms with Gasteiger partial charge in [0.25, 0.3) is 0 Å². The molecule has 0 rings (SSSR count). The molecule has 0 radical (unpaired) electrons. The summed E-state index contributed by atoms with van der Waals surface area (Å²) in [5.74, 6) is -0.0678. The predicted octanol–water partition coefficient (Wildman–Crippen LogP) is 0.102. The number of sulfonamides is 1. The molecule has 6 heteroatoms. The number of hydrogen-bond donors (Lipinski definition) is 2. The lowest BCUT2D eigenvalue weighted by Crippen LogP contribution is -2.39. The molecule has 0 aliphatic carbocycles. The molecule has 0 aliphatic rings. The zero-order chi connectivity index (χ0) is 11.9. The summed E-state index contributed by atoms with van der Waals surface area (Å²) in [5.41, 5.74) is 0. The van der Waals surface area contributed by atoms with Crippen molar-refractivity contribution in [2.24, 2.45) is 0 Å². The number of nitrogens with one attached hydrogen (secondary N) is 1. The van der Waals surface area contributed by atoms with Gasteiger partial charge in [-0.1, -0.05) is 6.92 Å². The SMILES string of the molecule is CC[C@H](CO)NS(=O)(=O)CCOC(C)C. The molecule has 2 N–H and O–H groups in total. The third-order valence-corrected chi connectivity index (χ3v) is 3.26. The largest absolute Gasteiger partial charge is 0.395 e. The molecule has 0 aromatic carbocycles. The van der Waals surface area contributed by atoms with Crippen LogP contribution in [-0.4, -0.2) is 44.6 Å². The summed E-state index contributed by atoms with van der Waals surface area (Å²) in [4.78, 5) is 0. The third kappa shape index (κ3) is 7.72. The van der Waals surface area contributed by atoms with Gasteiger partial charge in [-0.2, -0.15) is 0 Å². The van der Waals surface area contributed by atoms with Gasteiger partial charge in [-0.15, -0.1) is 0 Å². The van der Waals surface area contributed by atoms with Gasteiger partial charge in [0.1, 0.15) is 0 Å². The highest BCUT2D eigenvalue weighted by molar-refractivity contribution is 7.89. The second kappa shape index (κ2) is 7.16. The zero-order valence-corrected chi connectivity index (χ0v) is 10.4. The van der Waals surface area contributed by atoms with E-state index < -0.39 is 16.1 Å². The Morgan fingerprint density at radius 2 is 2.00 bits per heavy atom. The van der Waals surface area contributed by atoms with E-state index in [1.165, 1.54) is 0 Å². The Balaban J connectivity index is 3.96. The minimum absolute atomic E-state index is 0.0278. The van der Waals surface area contributed by atoms with Gasteiger partial charge >= 0.3 is 0 Å². The van der Waals surface area contributed by atoms with Crippen molar-refractivity contribution in [2.75, 3.05) is 19.0 Å². The molecule has 92 valence electrons. The quantitative estimate of drug-likeness (QED) is 0.630. The van der Waals surface area contributed by atoms with E-state index in [1.54, 1.807) is 0 Å². The highest BCUT2D eigenvalue weighted by Crippen LogP contribution is 1.95. The Bertz CT molecular complexity index is 247. The highest BCUT2D eigenvalue weighted by Gasteiger charge is 2.15. The van der Waals surface area contributed by atoms with Crippen molar-refractivity contribution in [3.05, 3.63) is 0 Å². The first-order valence-corrected chi connectivity index (χ1v) is 6.79. The molecule has 1 atom stereocenters. The number of rotatable bonds is 8.